The third kappa shape index (κ3) is 8.39. The monoisotopic (exact) mass is 400 g/mol. The van der Waals surface area contributed by atoms with E-state index in [1.807, 2.05) is 13.8 Å². The SMILES string of the molecule is COc1cc(C(=O)NCCNC(=O)OC(C)(C)C)cc(Cl)c1OCC(C)C. The number of hydrogen-bond acceptors (Lipinski definition) is 5. The van der Waals surface area contributed by atoms with Crippen LogP contribution < -0.4 is 20.1 Å². The summed E-state index contributed by atoms with van der Waals surface area (Å²) in [6.07, 6.45) is -0.534. The number of nitrogens with one attached hydrogen (secondary N) is 2. The molecule has 2 N–H and O–H groups in total. The van der Waals surface area contributed by atoms with E-state index in [1.165, 1.54) is 13.2 Å². The van der Waals surface area contributed by atoms with Crippen molar-refractivity contribution in [2.75, 3.05) is 26.8 Å². The number of rotatable bonds is 8. The van der Waals surface area contributed by atoms with Crippen LogP contribution in [0.2, 0.25) is 5.02 Å². The van der Waals surface area contributed by atoms with Crippen molar-refractivity contribution in [2.24, 2.45) is 5.92 Å². The van der Waals surface area contributed by atoms with E-state index in [-0.39, 0.29) is 19.0 Å². The van der Waals surface area contributed by atoms with Crippen molar-refractivity contribution in [1.82, 2.24) is 10.6 Å². The fourth-order valence-electron chi connectivity index (χ4n) is 2.00. The van der Waals surface area contributed by atoms with Crippen molar-refractivity contribution in [3.8, 4) is 11.5 Å². The summed E-state index contributed by atoms with van der Waals surface area (Å²) < 4.78 is 16.1. The average Bonchev–Trinajstić information content (AvgIpc) is 2.54. The van der Waals surface area contributed by atoms with Gasteiger partial charge in [0.15, 0.2) is 11.5 Å². The molecule has 0 aliphatic carbocycles. The van der Waals surface area contributed by atoms with Crippen molar-refractivity contribution in [2.45, 2.75) is 40.2 Å². The number of amides is 2. The zero-order chi connectivity index (χ0) is 20.6. The summed E-state index contributed by atoms with van der Waals surface area (Å²) in [6.45, 7) is 10.3. The molecule has 8 heteroatoms. The number of benzene rings is 1. The molecule has 0 bridgehead atoms. The molecule has 152 valence electrons. The molecule has 0 unspecified atom stereocenters. The average molecular weight is 401 g/mol. The summed E-state index contributed by atoms with van der Waals surface area (Å²) in [5.41, 5.74) is -0.231. The van der Waals surface area contributed by atoms with Crippen LogP contribution in [-0.2, 0) is 4.74 Å². The number of ether oxygens (including phenoxy) is 3. The van der Waals surface area contributed by atoms with Gasteiger partial charge >= 0.3 is 6.09 Å². The van der Waals surface area contributed by atoms with Crippen molar-refractivity contribution in [1.29, 1.82) is 0 Å². The smallest absolute Gasteiger partial charge is 0.407 e. The Morgan fingerprint density at radius 1 is 1.15 bits per heavy atom. The highest BCUT2D eigenvalue weighted by molar-refractivity contribution is 6.32. The van der Waals surface area contributed by atoms with Crippen molar-refractivity contribution in [3.63, 3.8) is 0 Å². The zero-order valence-electron chi connectivity index (χ0n) is 16.8. The molecule has 1 rings (SSSR count). The molecule has 0 heterocycles. The summed E-state index contributed by atoms with van der Waals surface area (Å²) in [4.78, 5) is 23.9. The summed E-state index contributed by atoms with van der Waals surface area (Å²) in [6, 6.07) is 3.09. The van der Waals surface area contributed by atoms with Gasteiger partial charge in [-0.15, -0.1) is 0 Å². The summed E-state index contributed by atoms with van der Waals surface area (Å²) in [7, 11) is 1.49. The minimum atomic E-state index is -0.569. The van der Waals surface area contributed by atoms with Gasteiger partial charge in [0.1, 0.15) is 5.60 Å². The molecule has 0 fully saturated rings. The Labute approximate surface area is 165 Å². The number of halogens is 1. The third-order valence-corrected chi connectivity index (χ3v) is 3.41. The lowest BCUT2D eigenvalue weighted by Gasteiger charge is -2.19. The standard InChI is InChI=1S/C19H29ClN2O5/c1-12(2)11-26-16-14(20)9-13(10-15(16)25-6)17(23)21-7-8-22-18(24)27-19(3,4)5/h9-10,12H,7-8,11H2,1-6H3,(H,21,23)(H,22,24). The summed E-state index contributed by atoms with van der Waals surface area (Å²) in [5, 5.41) is 5.57. The molecule has 0 atom stereocenters. The maximum atomic E-state index is 12.3. The minimum Gasteiger partial charge on any atom is -0.493 e. The van der Waals surface area contributed by atoms with Crippen LogP contribution in [0.3, 0.4) is 0 Å². The van der Waals surface area contributed by atoms with Gasteiger partial charge in [0.25, 0.3) is 5.91 Å². The van der Waals surface area contributed by atoms with E-state index < -0.39 is 11.7 Å². The largest absolute Gasteiger partial charge is 0.493 e. The second-order valence-corrected chi connectivity index (χ2v) is 7.79. The topological polar surface area (TPSA) is 85.9 Å². The van der Waals surface area contributed by atoms with Crippen LogP contribution in [0.1, 0.15) is 45.0 Å². The third-order valence-electron chi connectivity index (χ3n) is 3.13. The number of methoxy groups -OCH3 is 1. The Balaban J connectivity index is 2.62. The van der Waals surface area contributed by atoms with Crippen LogP contribution in [0.15, 0.2) is 12.1 Å². The maximum absolute atomic E-state index is 12.3. The first-order valence-electron chi connectivity index (χ1n) is 8.79. The van der Waals surface area contributed by atoms with Gasteiger partial charge in [-0.3, -0.25) is 4.79 Å². The molecule has 1 aromatic carbocycles. The van der Waals surface area contributed by atoms with Crippen LogP contribution in [0.5, 0.6) is 11.5 Å². The van der Waals surface area contributed by atoms with Gasteiger partial charge in [-0.05, 0) is 38.8 Å². The first kappa shape index (κ1) is 22.9. The molecule has 1 aromatic rings. The lowest BCUT2D eigenvalue weighted by Crippen LogP contribution is -2.37. The van der Waals surface area contributed by atoms with E-state index in [1.54, 1.807) is 26.8 Å². The number of alkyl carbamates (subject to hydrolysis) is 1. The lowest BCUT2D eigenvalue weighted by molar-refractivity contribution is 0.0526. The fourth-order valence-corrected chi connectivity index (χ4v) is 2.26. The van der Waals surface area contributed by atoms with E-state index >= 15 is 0 Å². The molecule has 0 aromatic heterocycles. The molecule has 7 nitrogen and oxygen atoms in total. The second-order valence-electron chi connectivity index (χ2n) is 7.38. The van der Waals surface area contributed by atoms with Crippen molar-refractivity contribution in [3.05, 3.63) is 22.7 Å². The van der Waals surface area contributed by atoms with Gasteiger partial charge in [-0.2, -0.15) is 0 Å². The fraction of sp³-hybridized carbons (Fsp3) is 0.579. The van der Waals surface area contributed by atoms with E-state index in [2.05, 4.69) is 10.6 Å². The molecule has 0 aliphatic heterocycles. The normalized spacial score (nSPS) is 11.1. The van der Waals surface area contributed by atoms with Crippen LogP contribution >= 0.6 is 11.6 Å². The summed E-state index contributed by atoms with van der Waals surface area (Å²) >= 11 is 6.25. The Hall–Kier alpha value is -2.15. The lowest BCUT2D eigenvalue weighted by atomic mass is 10.2. The molecule has 2 amide bonds. The molecular weight excluding hydrogens is 372 g/mol. The molecule has 0 saturated heterocycles. The van der Waals surface area contributed by atoms with E-state index in [0.717, 1.165) is 0 Å². The quantitative estimate of drug-likeness (QED) is 0.650. The van der Waals surface area contributed by atoms with Gasteiger partial charge in [0, 0.05) is 18.7 Å². The molecule has 0 aliphatic rings. The predicted octanol–water partition coefficient (Wildman–Crippen LogP) is 3.64. The van der Waals surface area contributed by atoms with Crippen molar-refractivity contribution >= 4 is 23.6 Å². The first-order chi connectivity index (χ1) is 12.5. The minimum absolute atomic E-state index is 0.237. The number of carbonyl (C=O) groups excluding carboxylic acids is 2. The maximum Gasteiger partial charge on any atom is 0.407 e. The van der Waals surface area contributed by atoms with Crippen LogP contribution in [-0.4, -0.2) is 44.4 Å². The van der Waals surface area contributed by atoms with Crippen LogP contribution in [0, 0.1) is 5.92 Å². The Morgan fingerprint density at radius 3 is 2.33 bits per heavy atom. The predicted molar refractivity (Wildman–Crippen MR) is 105 cm³/mol. The first-order valence-corrected chi connectivity index (χ1v) is 9.16. The molecule has 0 radical (unpaired) electrons. The van der Waals surface area contributed by atoms with Crippen LogP contribution in [0.4, 0.5) is 4.79 Å². The number of carbonyl (C=O) groups is 2. The Bertz CT molecular complexity index is 656. The van der Waals surface area contributed by atoms with Gasteiger partial charge in [0.05, 0.1) is 18.7 Å². The zero-order valence-corrected chi connectivity index (χ0v) is 17.5. The molecular formula is C19H29ClN2O5. The van der Waals surface area contributed by atoms with Gasteiger partial charge in [-0.25, -0.2) is 4.79 Å². The van der Waals surface area contributed by atoms with E-state index in [0.29, 0.717) is 34.6 Å². The van der Waals surface area contributed by atoms with Gasteiger partial charge < -0.3 is 24.8 Å². The van der Waals surface area contributed by atoms with Crippen LogP contribution in [0.25, 0.3) is 0 Å². The van der Waals surface area contributed by atoms with Gasteiger partial charge in [-0.1, -0.05) is 25.4 Å². The molecule has 27 heavy (non-hydrogen) atoms. The van der Waals surface area contributed by atoms with E-state index in [4.69, 9.17) is 25.8 Å². The highest BCUT2D eigenvalue weighted by Gasteiger charge is 2.17. The second kappa shape index (κ2) is 10.3. The Morgan fingerprint density at radius 2 is 1.78 bits per heavy atom. The summed E-state index contributed by atoms with van der Waals surface area (Å²) in [5.74, 6) is 0.791. The molecule has 0 spiro atoms. The van der Waals surface area contributed by atoms with Gasteiger partial charge in [0.2, 0.25) is 0 Å². The Kier molecular flexibility index (Phi) is 8.69. The number of hydrogen-bond donors (Lipinski definition) is 2. The highest BCUT2D eigenvalue weighted by Crippen LogP contribution is 2.36. The molecule has 0 saturated carbocycles. The van der Waals surface area contributed by atoms with E-state index in [9.17, 15) is 9.59 Å². The highest BCUT2D eigenvalue weighted by atomic mass is 35.5. The van der Waals surface area contributed by atoms with Crippen molar-refractivity contribution < 1.29 is 23.8 Å².